The molecule has 5 nitrogen and oxygen atoms in total. The first-order chi connectivity index (χ1) is 6.56. The third-order valence-corrected chi connectivity index (χ3v) is 2.07. The van der Waals surface area contributed by atoms with E-state index in [0.717, 1.165) is 6.42 Å². The molecule has 1 fully saturated rings. The molecule has 14 heavy (non-hydrogen) atoms. The number of nitrogens with one attached hydrogen (secondary N) is 1. The van der Waals surface area contributed by atoms with E-state index >= 15 is 0 Å². The molecule has 78 valence electrons. The summed E-state index contributed by atoms with van der Waals surface area (Å²) in [5, 5.41) is 2.46. The van der Waals surface area contributed by atoms with Gasteiger partial charge in [0.1, 0.15) is 6.04 Å². The van der Waals surface area contributed by atoms with Crippen LogP contribution in [0.25, 0.3) is 0 Å². The SMILES string of the molecule is CCCN1C(=O)C[C@@H](NC(C)=O)C1=O. The number of rotatable bonds is 3. The van der Waals surface area contributed by atoms with E-state index in [4.69, 9.17) is 0 Å². The Morgan fingerprint density at radius 2 is 2.21 bits per heavy atom. The second-order valence-corrected chi connectivity index (χ2v) is 3.34. The van der Waals surface area contributed by atoms with Gasteiger partial charge in [0.15, 0.2) is 0 Å². The van der Waals surface area contributed by atoms with Crippen LogP contribution in [-0.2, 0) is 14.4 Å². The summed E-state index contributed by atoms with van der Waals surface area (Å²) in [6, 6.07) is -0.647. The molecular weight excluding hydrogens is 184 g/mol. The number of nitrogens with zero attached hydrogens (tertiary/aromatic N) is 1. The number of imide groups is 1. The Hall–Kier alpha value is -1.39. The van der Waals surface area contributed by atoms with Gasteiger partial charge in [0.25, 0.3) is 5.91 Å². The number of carbonyl (C=O) groups excluding carboxylic acids is 3. The highest BCUT2D eigenvalue weighted by molar-refractivity contribution is 6.06. The van der Waals surface area contributed by atoms with E-state index in [1.54, 1.807) is 0 Å². The van der Waals surface area contributed by atoms with Gasteiger partial charge in [0.05, 0.1) is 6.42 Å². The molecule has 0 radical (unpaired) electrons. The number of carbonyl (C=O) groups is 3. The molecular formula is C9H14N2O3. The van der Waals surface area contributed by atoms with Crippen molar-refractivity contribution in [2.45, 2.75) is 32.7 Å². The van der Waals surface area contributed by atoms with Gasteiger partial charge in [-0.1, -0.05) is 6.92 Å². The fourth-order valence-electron chi connectivity index (χ4n) is 1.50. The van der Waals surface area contributed by atoms with Crippen molar-refractivity contribution in [1.29, 1.82) is 0 Å². The van der Waals surface area contributed by atoms with Crippen molar-refractivity contribution < 1.29 is 14.4 Å². The van der Waals surface area contributed by atoms with Gasteiger partial charge in [-0.3, -0.25) is 19.3 Å². The molecule has 1 saturated heterocycles. The van der Waals surface area contributed by atoms with Crippen LogP contribution in [0.2, 0.25) is 0 Å². The minimum absolute atomic E-state index is 0.0956. The Morgan fingerprint density at radius 1 is 1.57 bits per heavy atom. The van der Waals surface area contributed by atoms with Crippen molar-refractivity contribution in [1.82, 2.24) is 10.2 Å². The molecule has 0 aromatic carbocycles. The Labute approximate surface area is 82.4 Å². The zero-order valence-electron chi connectivity index (χ0n) is 8.37. The first-order valence-corrected chi connectivity index (χ1v) is 4.67. The number of amides is 3. The van der Waals surface area contributed by atoms with E-state index in [1.165, 1.54) is 11.8 Å². The van der Waals surface area contributed by atoms with Crippen LogP contribution < -0.4 is 5.32 Å². The van der Waals surface area contributed by atoms with Gasteiger partial charge < -0.3 is 5.32 Å². The Balaban J connectivity index is 2.64. The van der Waals surface area contributed by atoms with E-state index in [1.807, 2.05) is 6.92 Å². The molecule has 1 heterocycles. The summed E-state index contributed by atoms with van der Waals surface area (Å²) < 4.78 is 0. The van der Waals surface area contributed by atoms with Gasteiger partial charge in [0, 0.05) is 13.5 Å². The van der Waals surface area contributed by atoms with Crippen LogP contribution >= 0.6 is 0 Å². The maximum atomic E-state index is 11.5. The maximum absolute atomic E-state index is 11.5. The fourth-order valence-corrected chi connectivity index (χ4v) is 1.50. The van der Waals surface area contributed by atoms with E-state index in [2.05, 4.69) is 5.32 Å². The fraction of sp³-hybridized carbons (Fsp3) is 0.667. The summed E-state index contributed by atoms with van der Waals surface area (Å²) in [5.41, 5.74) is 0. The number of hydrogen-bond acceptors (Lipinski definition) is 3. The molecule has 3 amide bonds. The molecule has 0 bridgehead atoms. The minimum Gasteiger partial charge on any atom is -0.344 e. The smallest absolute Gasteiger partial charge is 0.252 e. The lowest BCUT2D eigenvalue weighted by Crippen LogP contribution is -2.40. The highest BCUT2D eigenvalue weighted by Gasteiger charge is 2.38. The average molecular weight is 198 g/mol. The molecule has 0 aromatic rings. The molecule has 0 aromatic heterocycles. The lowest BCUT2D eigenvalue weighted by molar-refractivity contribution is -0.139. The molecule has 0 saturated carbocycles. The molecule has 5 heteroatoms. The molecule has 0 aliphatic carbocycles. The van der Waals surface area contributed by atoms with Crippen LogP contribution in [0.1, 0.15) is 26.7 Å². The molecule has 1 rings (SSSR count). The normalized spacial score (nSPS) is 21.6. The van der Waals surface area contributed by atoms with Gasteiger partial charge >= 0.3 is 0 Å². The summed E-state index contributed by atoms with van der Waals surface area (Å²) in [6.45, 7) is 3.67. The van der Waals surface area contributed by atoms with Gasteiger partial charge in [-0.2, -0.15) is 0 Å². The summed E-state index contributed by atoms with van der Waals surface area (Å²) >= 11 is 0. The van der Waals surface area contributed by atoms with Crippen molar-refractivity contribution in [3.8, 4) is 0 Å². The summed E-state index contributed by atoms with van der Waals surface area (Å²) in [5.74, 6) is -0.767. The van der Waals surface area contributed by atoms with E-state index in [0.29, 0.717) is 6.54 Å². The van der Waals surface area contributed by atoms with Crippen LogP contribution in [0.15, 0.2) is 0 Å². The number of hydrogen-bond donors (Lipinski definition) is 1. The van der Waals surface area contributed by atoms with Crippen LogP contribution in [0.5, 0.6) is 0 Å². The predicted octanol–water partition coefficient (Wildman–Crippen LogP) is -0.340. The van der Waals surface area contributed by atoms with Crippen molar-refractivity contribution in [3.05, 3.63) is 0 Å². The summed E-state index contributed by atoms with van der Waals surface area (Å²) in [7, 11) is 0. The van der Waals surface area contributed by atoms with E-state index in [9.17, 15) is 14.4 Å². The molecule has 1 N–H and O–H groups in total. The first-order valence-electron chi connectivity index (χ1n) is 4.67. The van der Waals surface area contributed by atoms with Crippen LogP contribution in [-0.4, -0.2) is 35.2 Å². The molecule has 1 atom stereocenters. The van der Waals surface area contributed by atoms with E-state index < -0.39 is 6.04 Å². The Morgan fingerprint density at radius 3 is 2.71 bits per heavy atom. The first kappa shape index (κ1) is 10.7. The highest BCUT2D eigenvalue weighted by atomic mass is 16.2. The highest BCUT2D eigenvalue weighted by Crippen LogP contribution is 2.13. The van der Waals surface area contributed by atoms with Crippen LogP contribution in [0.4, 0.5) is 0 Å². The van der Waals surface area contributed by atoms with Gasteiger partial charge in [-0.05, 0) is 6.42 Å². The molecule has 1 aliphatic heterocycles. The third kappa shape index (κ3) is 2.10. The van der Waals surface area contributed by atoms with Crippen molar-refractivity contribution in [2.24, 2.45) is 0 Å². The molecule has 1 aliphatic rings. The van der Waals surface area contributed by atoms with Gasteiger partial charge in [0.2, 0.25) is 11.8 Å². The summed E-state index contributed by atoms with van der Waals surface area (Å²) in [4.78, 5) is 34.8. The second-order valence-electron chi connectivity index (χ2n) is 3.34. The van der Waals surface area contributed by atoms with E-state index in [-0.39, 0.29) is 24.1 Å². The number of likely N-dealkylation sites (tertiary alicyclic amines) is 1. The average Bonchev–Trinajstić information content (AvgIpc) is 2.32. The van der Waals surface area contributed by atoms with Gasteiger partial charge in [-0.25, -0.2) is 0 Å². The van der Waals surface area contributed by atoms with Crippen molar-refractivity contribution in [3.63, 3.8) is 0 Å². The summed E-state index contributed by atoms with van der Waals surface area (Å²) in [6.07, 6.45) is 0.836. The Bertz CT molecular complexity index is 275. The molecule has 0 spiro atoms. The monoisotopic (exact) mass is 198 g/mol. The van der Waals surface area contributed by atoms with Crippen LogP contribution in [0, 0.1) is 0 Å². The lowest BCUT2D eigenvalue weighted by Gasteiger charge is -2.13. The Kier molecular flexibility index (Phi) is 3.22. The lowest BCUT2D eigenvalue weighted by atomic mass is 10.2. The van der Waals surface area contributed by atoms with Crippen LogP contribution in [0.3, 0.4) is 0 Å². The largest absolute Gasteiger partial charge is 0.344 e. The topological polar surface area (TPSA) is 66.5 Å². The standard InChI is InChI=1S/C9H14N2O3/c1-3-4-11-8(13)5-7(9(11)14)10-6(2)12/h7H,3-5H2,1-2H3,(H,10,12)/t7-/m1/s1. The second kappa shape index (κ2) is 4.21. The molecule has 0 unspecified atom stereocenters. The van der Waals surface area contributed by atoms with Crippen molar-refractivity contribution in [2.75, 3.05) is 6.54 Å². The zero-order valence-corrected chi connectivity index (χ0v) is 8.37. The minimum atomic E-state index is -0.647. The van der Waals surface area contributed by atoms with Crippen molar-refractivity contribution >= 4 is 17.7 Å². The third-order valence-electron chi connectivity index (χ3n) is 2.07. The van der Waals surface area contributed by atoms with Gasteiger partial charge in [-0.15, -0.1) is 0 Å². The zero-order chi connectivity index (χ0) is 10.7. The predicted molar refractivity (Wildman–Crippen MR) is 49.2 cm³/mol. The maximum Gasteiger partial charge on any atom is 0.252 e. The quantitative estimate of drug-likeness (QED) is 0.631.